The number of hydrogen-bond acceptors (Lipinski definition) is 1. The molecule has 0 bridgehead atoms. The lowest BCUT2D eigenvalue weighted by Gasteiger charge is -2.08. The van der Waals surface area contributed by atoms with Gasteiger partial charge in [-0.15, -0.1) is 0 Å². The van der Waals surface area contributed by atoms with E-state index >= 15 is 0 Å². The molecule has 98 valence electrons. The van der Waals surface area contributed by atoms with Crippen molar-refractivity contribution in [1.29, 1.82) is 0 Å². The summed E-state index contributed by atoms with van der Waals surface area (Å²) in [5.74, 6) is 0.317. The van der Waals surface area contributed by atoms with Gasteiger partial charge in [-0.25, -0.2) is 4.39 Å². The molecule has 0 fully saturated rings. The van der Waals surface area contributed by atoms with Crippen LogP contribution in [0.2, 0.25) is 0 Å². The molecule has 0 radical (unpaired) electrons. The summed E-state index contributed by atoms with van der Waals surface area (Å²) >= 11 is 0. The Morgan fingerprint density at radius 2 is 1.79 bits per heavy atom. The number of phenolic OH excluding ortho intramolecular Hbond substituents is 1. The Morgan fingerprint density at radius 1 is 1.05 bits per heavy atom. The summed E-state index contributed by atoms with van der Waals surface area (Å²) in [6, 6.07) is 12.1. The lowest BCUT2D eigenvalue weighted by Crippen LogP contribution is -1.88. The number of phenols is 1. The van der Waals surface area contributed by atoms with Gasteiger partial charge >= 0.3 is 0 Å². The first-order valence-corrected chi connectivity index (χ1v) is 6.33. The van der Waals surface area contributed by atoms with Crippen LogP contribution in [0.15, 0.2) is 42.5 Å². The highest BCUT2D eigenvalue weighted by Gasteiger charge is 2.05. The predicted octanol–water partition coefficient (Wildman–Crippen LogP) is 4.83. The van der Waals surface area contributed by atoms with Gasteiger partial charge in [0.25, 0.3) is 0 Å². The number of halogens is 1. The minimum absolute atomic E-state index is 0.248. The fourth-order valence-corrected chi connectivity index (χ4v) is 1.95. The second kappa shape index (κ2) is 5.70. The van der Waals surface area contributed by atoms with E-state index in [-0.39, 0.29) is 17.5 Å². The van der Waals surface area contributed by atoms with Gasteiger partial charge in [0.1, 0.15) is 11.6 Å². The number of rotatable bonds is 3. The van der Waals surface area contributed by atoms with Gasteiger partial charge < -0.3 is 5.11 Å². The van der Waals surface area contributed by atoms with E-state index in [1.165, 1.54) is 6.07 Å². The van der Waals surface area contributed by atoms with Crippen molar-refractivity contribution in [3.05, 3.63) is 65.0 Å². The van der Waals surface area contributed by atoms with Crippen LogP contribution in [0.25, 0.3) is 12.2 Å². The molecule has 2 aromatic carbocycles. The summed E-state index contributed by atoms with van der Waals surface area (Å²) in [6.07, 6.45) is 3.50. The average molecular weight is 256 g/mol. The van der Waals surface area contributed by atoms with Gasteiger partial charge in [0.15, 0.2) is 0 Å². The highest BCUT2D eigenvalue weighted by atomic mass is 19.1. The number of aromatic hydroxyl groups is 1. The van der Waals surface area contributed by atoms with Crippen molar-refractivity contribution >= 4 is 12.2 Å². The maximum absolute atomic E-state index is 13.4. The molecule has 0 saturated carbocycles. The van der Waals surface area contributed by atoms with E-state index < -0.39 is 0 Å². The number of benzene rings is 2. The molecule has 0 saturated heterocycles. The van der Waals surface area contributed by atoms with Gasteiger partial charge in [-0.05, 0) is 29.2 Å². The lowest BCUT2D eigenvalue weighted by atomic mass is 10.00. The normalized spacial score (nSPS) is 11.4. The Balaban J connectivity index is 2.25. The van der Waals surface area contributed by atoms with Gasteiger partial charge in [-0.2, -0.15) is 0 Å². The zero-order chi connectivity index (χ0) is 13.8. The standard InChI is InChI=1S/C17H17FO/c1-12(2)15-10-8-13(11-17(15)19)7-9-14-5-3-4-6-16(14)18/h3-12,19H,1-2H3. The summed E-state index contributed by atoms with van der Waals surface area (Å²) in [4.78, 5) is 0. The maximum atomic E-state index is 13.4. The third-order valence-electron chi connectivity index (χ3n) is 3.04. The van der Waals surface area contributed by atoms with Crippen LogP contribution >= 0.6 is 0 Å². The fourth-order valence-electron chi connectivity index (χ4n) is 1.95. The van der Waals surface area contributed by atoms with Gasteiger partial charge in [0.2, 0.25) is 0 Å². The van der Waals surface area contributed by atoms with Crippen LogP contribution in [0, 0.1) is 5.82 Å². The van der Waals surface area contributed by atoms with E-state index in [1.807, 2.05) is 26.0 Å². The van der Waals surface area contributed by atoms with E-state index in [1.54, 1.807) is 36.4 Å². The van der Waals surface area contributed by atoms with Crippen LogP contribution in [0.3, 0.4) is 0 Å². The Morgan fingerprint density at radius 3 is 2.42 bits per heavy atom. The number of hydrogen-bond donors (Lipinski definition) is 1. The van der Waals surface area contributed by atoms with Gasteiger partial charge in [-0.3, -0.25) is 0 Å². The van der Waals surface area contributed by atoms with Crippen molar-refractivity contribution in [2.45, 2.75) is 19.8 Å². The molecular weight excluding hydrogens is 239 g/mol. The SMILES string of the molecule is CC(C)c1ccc(C=Cc2ccccc2F)cc1O. The molecule has 0 heterocycles. The molecule has 19 heavy (non-hydrogen) atoms. The molecule has 1 N–H and O–H groups in total. The van der Waals surface area contributed by atoms with Crippen molar-refractivity contribution in [2.24, 2.45) is 0 Å². The molecular formula is C17H17FO. The fraction of sp³-hybridized carbons (Fsp3) is 0.176. The first kappa shape index (κ1) is 13.3. The molecule has 2 heteroatoms. The molecule has 0 atom stereocenters. The minimum Gasteiger partial charge on any atom is -0.508 e. The largest absolute Gasteiger partial charge is 0.508 e. The van der Waals surface area contributed by atoms with Gasteiger partial charge in [0, 0.05) is 5.56 Å². The van der Waals surface area contributed by atoms with Gasteiger partial charge in [-0.1, -0.05) is 56.3 Å². The van der Waals surface area contributed by atoms with Crippen molar-refractivity contribution in [3.63, 3.8) is 0 Å². The monoisotopic (exact) mass is 256 g/mol. The molecule has 0 aromatic heterocycles. The predicted molar refractivity (Wildman–Crippen MR) is 77.5 cm³/mol. The maximum Gasteiger partial charge on any atom is 0.130 e. The molecule has 0 unspecified atom stereocenters. The zero-order valence-electron chi connectivity index (χ0n) is 11.1. The van der Waals surface area contributed by atoms with Crippen molar-refractivity contribution < 1.29 is 9.50 Å². The third kappa shape index (κ3) is 3.22. The highest BCUT2D eigenvalue weighted by Crippen LogP contribution is 2.27. The van der Waals surface area contributed by atoms with E-state index in [2.05, 4.69) is 0 Å². The molecule has 2 aromatic rings. The zero-order valence-corrected chi connectivity index (χ0v) is 11.1. The van der Waals surface area contributed by atoms with Crippen molar-refractivity contribution in [2.75, 3.05) is 0 Å². The average Bonchev–Trinajstić information content (AvgIpc) is 2.37. The summed E-state index contributed by atoms with van der Waals surface area (Å²) in [5.41, 5.74) is 2.31. The van der Waals surface area contributed by atoms with Crippen molar-refractivity contribution in [3.8, 4) is 5.75 Å². The summed E-state index contributed by atoms with van der Waals surface area (Å²) < 4.78 is 13.4. The first-order valence-electron chi connectivity index (χ1n) is 6.33. The van der Waals surface area contributed by atoms with Crippen LogP contribution in [-0.2, 0) is 0 Å². The quantitative estimate of drug-likeness (QED) is 0.780. The van der Waals surface area contributed by atoms with Crippen LogP contribution in [0.1, 0.15) is 36.5 Å². The van der Waals surface area contributed by atoms with Gasteiger partial charge in [0.05, 0.1) is 0 Å². The van der Waals surface area contributed by atoms with E-state index in [4.69, 9.17) is 0 Å². The Kier molecular flexibility index (Phi) is 4.00. The smallest absolute Gasteiger partial charge is 0.130 e. The van der Waals surface area contributed by atoms with E-state index in [0.717, 1.165) is 11.1 Å². The lowest BCUT2D eigenvalue weighted by molar-refractivity contribution is 0.465. The topological polar surface area (TPSA) is 20.2 Å². The molecule has 0 aliphatic rings. The summed E-state index contributed by atoms with van der Waals surface area (Å²) in [5, 5.41) is 9.91. The molecule has 0 spiro atoms. The van der Waals surface area contributed by atoms with Crippen LogP contribution in [0.4, 0.5) is 4.39 Å². The molecule has 2 rings (SSSR count). The van der Waals surface area contributed by atoms with Crippen LogP contribution in [-0.4, -0.2) is 5.11 Å². The van der Waals surface area contributed by atoms with Crippen LogP contribution < -0.4 is 0 Å². The Bertz CT molecular complexity index is 600. The highest BCUT2D eigenvalue weighted by molar-refractivity contribution is 5.70. The second-order valence-corrected chi connectivity index (χ2v) is 4.83. The second-order valence-electron chi connectivity index (χ2n) is 4.83. The minimum atomic E-state index is -0.248. The van der Waals surface area contributed by atoms with E-state index in [9.17, 15) is 9.50 Å². The Labute approximate surface area is 113 Å². The molecule has 1 nitrogen and oxygen atoms in total. The molecule has 0 aliphatic heterocycles. The first-order chi connectivity index (χ1) is 9.08. The molecule has 0 aliphatic carbocycles. The van der Waals surface area contributed by atoms with Crippen LogP contribution in [0.5, 0.6) is 5.75 Å². The summed E-state index contributed by atoms with van der Waals surface area (Å²) in [7, 11) is 0. The summed E-state index contributed by atoms with van der Waals surface area (Å²) in [6.45, 7) is 4.06. The van der Waals surface area contributed by atoms with Crippen molar-refractivity contribution in [1.82, 2.24) is 0 Å². The molecule has 0 amide bonds. The van der Waals surface area contributed by atoms with E-state index in [0.29, 0.717) is 5.56 Å². The Hall–Kier alpha value is -2.09. The third-order valence-corrected chi connectivity index (χ3v) is 3.04.